The summed E-state index contributed by atoms with van der Waals surface area (Å²) in [7, 11) is 1.63. The number of aryl methyl sites for hydroxylation is 2. The molecule has 1 aromatic carbocycles. The Bertz CT molecular complexity index is 985. The monoisotopic (exact) mass is 339 g/mol. The van der Waals surface area contributed by atoms with Crippen LogP contribution in [0.2, 0.25) is 0 Å². The summed E-state index contributed by atoms with van der Waals surface area (Å²) >= 11 is 0. The molecule has 2 heterocycles. The van der Waals surface area contributed by atoms with Crippen LogP contribution in [-0.2, 0) is 6.42 Å². The topological polar surface area (TPSA) is 87.0 Å². The van der Waals surface area contributed by atoms with Gasteiger partial charge in [-0.05, 0) is 55.7 Å². The van der Waals surface area contributed by atoms with Gasteiger partial charge in [0.15, 0.2) is 0 Å². The lowest BCUT2D eigenvalue weighted by Crippen LogP contribution is -2.32. The first kappa shape index (κ1) is 16.8. The third-order valence-corrected chi connectivity index (χ3v) is 4.25. The van der Waals surface area contributed by atoms with E-state index in [4.69, 9.17) is 4.74 Å². The molecule has 1 amide bonds. The van der Waals surface area contributed by atoms with Gasteiger partial charge in [-0.3, -0.25) is 9.59 Å². The fourth-order valence-electron chi connectivity index (χ4n) is 3.03. The number of hydrogen-bond donors (Lipinski definition) is 3. The summed E-state index contributed by atoms with van der Waals surface area (Å²) in [6.45, 7) is 4.00. The van der Waals surface area contributed by atoms with Crippen LogP contribution in [0.15, 0.2) is 35.3 Å². The Morgan fingerprint density at radius 1 is 1.24 bits per heavy atom. The highest BCUT2D eigenvalue weighted by molar-refractivity contribution is 5.95. The van der Waals surface area contributed by atoms with Gasteiger partial charge in [0.2, 0.25) is 0 Å². The SMILES string of the molecule is COc1ccc2[nH]cc(CCNC(=O)c3c(C)cc(C)[nH]c3=O)c2c1. The molecule has 0 spiro atoms. The summed E-state index contributed by atoms with van der Waals surface area (Å²) in [5.41, 5.74) is 3.34. The third kappa shape index (κ3) is 3.42. The van der Waals surface area contributed by atoms with Crippen molar-refractivity contribution in [2.75, 3.05) is 13.7 Å². The van der Waals surface area contributed by atoms with Gasteiger partial charge in [0, 0.05) is 29.3 Å². The van der Waals surface area contributed by atoms with Gasteiger partial charge in [0.25, 0.3) is 11.5 Å². The number of hydrogen-bond acceptors (Lipinski definition) is 3. The van der Waals surface area contributed by atoms with E-state index >= 15 is 0 Å². The van der Waals surface area contributed by atoms with E-state index in [0.29, 0.717) is 18.5 Å². The molecule has 130 valence electrons. The van der Waals surface area contributed by atoms with Gasteiger partial charge in [-0.2, -0.15) is 0 Å². The molecule has 0 aliphatic carbocycles. The number of benzene rings is 1. The number of aromatic nitrogens is 2. The number of aromatic amines is 2. The van der Waals surface area contributed by atoms with Crippen LogP contribution in [0.4, 0.5) is 0 Å². The Labute approximate surface area is 145 Å². The number of ether oxygens (including phenoxy) is 1. The van der Waals surface area contributed by atoms with E-state index in [1.807, 2.05) is 24.4 Å². The predicted molar refractivity (Wildman–Crippen MR) is 97.4 cm³/mol. The smallest absolute Gasteiger partial charge is 0.261 e. The zero-order valence-corrected chi connectivity index (χ0v) is 14.5. The lowest BCUT2D eigenvalue weighted by atomic mass is 10.1. The van der Waals surface area contributed by atoms with Gasteiger partial charge in [-0.25, -0.2) is 0 Å². The Morgan fingerprint density at radius 2 is 2.04 bits per heavy atom. The van der Waals surface area contributed by atoms with Gasteiger partial charge in [0.05, 0.1) is 7.11 Å². The molecule has 0 saturated heterocycles. The number of rotatable bonds is 5. The summed E-state index contributed by atoms with van der Waals surface area (Å²) in [5.74, 6) is 0.440. The lowest BCUT2D eigenvalue weighted by Gasteiger charge is -2.08. The fourth-order valence-corrected chi connectivity index (χ4v) is 3.03. The van der Waals surface area contributed by atoms with Crippen molar-refractivity contribution in [1.82, 2.24) is 15.3 Å². The number of amides is 1. The van der Waals surface area contributed by atoms with E-state index < -0.39 is 0 Å². The number of methoxy groups -OCH3 is 1. The van der Waals surface area contributed by atoms with Crippen molar-refractivity contribution < 1.29 is 9.53 Å². The average Bonchev–Trinajstić information content (AvgIpc) is 2.96. The second kappa shape index (κ2) is 6.84. The average molecular weight is 339 g/mol. The first-order chi connectivity index (χ1) is 12.0. The minimum absolute atomic E-state index is 0.172. The molecular weight excluding hydrogens is 318 g/mol. The van der Waals surface area contributed by atoms with E-state index in [2.05, 4.69) is 15.3 Å². The summed E-state index contributed by atoms with van der Waals surface area (Å²) in [6.07, 6.45) is 2.59. The number of carbonyl (C=O) groups is 1. The van der Waals surface area contributed by atoms with Gasteiger partial charge >= 0.3 is 0 Å². The van der Waals surface area contributed by atoms with Crippen molar-refractivity contribution in [2.24, 2.45) is 0 Å². The molecule has 6 nitrogen and oxygen atoms in total. The van der Waals surface area contributed by atoms with Gasteiger partial charge in [-0.15, -0.1) is 0 Å². The minimum atomic E-state index is -0.355. The number of carbonyl (C=O) groups excluding carboxylic acids is 1. The van der Waals surface area contributed by atoms with Crippen molar-refractivity contribution >= 4 is 16.8 Å². The number of nitrogens with one attached hydrogen (secondary N) is 3. The molecule has 0 aliphatic rings. The second-order valence-electron chi connectivity index (χ2n) is 6.07. The molecule has 0 fully saturated rings. The van der Waals surface area contributed by atoms with Crippen LogP contribution in [0.1, 0.15) is 27.2 Å². The quantitative estimate of drug-likeness (QED) is 0.667. The fraction of sp³-hybridized carbons (Fsp3) is 0.263. The molecule has 0 unspecified atom stereocenters. The largest absolute Gasteiger partial charge is 0.497 e. The molecule has 6 heteroatoms. The molecule has 3 rings (SSSR count). The first-order valence-electron chi connectivity index (χ1n) is 8.12. The number of H-pyrrole nitrogens is 2. The Morgan fingerprint density at radius 3 is 2.76 bits per heavy atom. The maximum Gasteiger partial charge on any atom is 0.261 e. The lowest BCUT2D eigenvalue weighted by molar-refractivity contribution is 0.0952. The van der Waals surface area contributed by atoms with Crippen molar-refractivity contribution in [1.29, 1.82) is 0 Å². The molecule has 0 bridgehead atoms. The van der Waals surface area contributed by atoms with Crippen molar-refractivity contribution in [3.63, 3.8) is 0 Å². The Hall–Kier alpha value is -3.02. The van der Waals surface area contributed by atoms with E-state index in [-0.39, 0.29) is 17.0 Å². The van der Waals surface area contributed by atoms with Crippen LogP contribution in [0, 0.1) is 13.8 Å². The maximum atomic E-state index is 12.3. The molecule has 3 N–H and O–H groups in total. The second-order valence-corrected chi connectivity index (χ2v) is 6.07. The van der Waals surface area contributed by atoms with Gasteiger partial charge in [0.1, 0.15) is 11.3 Å². The van der Waals surface area contributed by atoms with E-state index in [1.165, 1.54) is 0 Å². The van der Waals surface area contributed by atoms with Crippen molar-refractivity contribution in [2.45, 2.75) is 20.3 Å². The highest BCUT2D eigenvalue weighted by Crippen LogP contribution is 2.23. The zero-order valence-electron chi connectivity index (χ0n) is 14.5. The summed E-state index contributed by atoms with van der Waals surface area (Å²) in [5, 5.41) is 3.90. The first-order valence-corrected chi connectivity index (χ1v) is 8.12. The van der Waals surface area contributed by atoms with E-state index in [9.17, 15) is 9.59 Å². The minimum Gasteiger partial charge on any atom is -0.497 e. The highest BCUT2D eigenvalue weighted by Gasteiger charge is 2.14. The highest BCUT2D eigenvalue weighted by atomic mass is 16.5. The molecule has 0 aliphatic heterocycles. The molecule has 3 aromatic rings. The van der Waals surface area contributed by atoms with Crippen LogP contribution in [0.3, 0.4) is 0 Å². The number of pyridine rings is 1. The number of fused-ring (bicyclic) bond motifs is 1. The third-order valence-electron chi connectivity index (χ3n) is 4.25. The zero-order chi connectivity index (χ0) is 18.0. The van der Waals surface area contributed by atoms with E-state index in [0.717, 1.165) is 27.9 Å². The predicted octanol–water partition coefficient (Wildman–Crippen LogP) is 2.45. The van der Waals surface area contributed by atoms with Crippen LogP contribution in [-0.4, -0.2) is 29.5 Å². The molecule has 0 atom stereocenters. The van der Waals surface area contributed by atoms with Gasteiger partial charge < -0.3 is 20.0 Å². The van der Waals surface area contributed by atoms with Crippen LogP contribution in [0.5, 0.6) is 5.75 Å². The normalized spacial score (nSPS) is 10.8. The standard InChI is InChI=1S/C19H21N3O3/c1-11-8-12(2)22-19(24)17(11)18(23)20-7-6-13-10-21-16-5-4-14(25-3)9-15(13)16/h4-5,8-10,21H,6-7H2,1-3H3,(H,20,23)(H,22,24). The summed E-state index contributed by atoms with van der Waals surface area (Å²) in [6, 6.07) is 7.63. The molecular formula is C19H21N3O3. The van der Waals surface area contributed by atoms with Gasteiger partial charge in [-0.1, -0.05) is 0 Å². The Kier molecular flexibility index (Phi) is 4.61. The van der Waals surface area contributed by atoms with Crippen molar-refractivity contribution in [3.05, 3.63) is 63.2 Å². The van der Waals surface area contributed by atoms with Crippen LogP contribution < -0.4 is 15.6 Å². The van der Waals surface area contributed by atoms with E-state index in [1.54, 1.807) is 27.0 Å². The maximum absolute atomic E-state index is 12.3. The Balaban J connectivity index is 1.71. The molecule has 25 heavy (non-hydrogen) atoms. The molecule has 0 saturated carbocycles. The van der Waals surface area contributed by atoms with Crippen molar-refractivity contribution in [3.8, 4) is 5.75 Å². The van der Waals surface area contributed by atoms with Crippen LogP contribution in [0.25, 0.3) is 10.9 Å². The van der Waals surface area contributed by atoms with Crippen LogP contribution >= 0.6 is 0 Å². The summed E-state index contributed by atoms with van der Waals surface area (Å²) < 4.78 is 5.26. The molecule has 2 aromatic heterocycles. The summed E-state index contributed by atoms with van der Waals surface area (Å²) in [4.78, 5) is 30.2. The molecule has 0 radical (unpaired) electrons.